The molecule has 24 heavy (non-hydrogen) atoms. The molecule has 3 rings (SSSR count). The second-order valence-corrected chi connectivity index (χ2v) is 6.62. The second-order valence-electron chi connectivity index (χ2n) is 5.72. The van der Waals surface area contributed by atoms with Gasteiger partial charge in [0.2, 0.25) is 5.91 Å². The number of nitrogens with two attached hydrogens (primary N) is 1. The minimum absolute atomic E-state index is 0.149. The number of nitrogens with zero attached hydrogens (tertiary/aromatic N) is 4. The molecule has 128 valence electrons. The molecule has 2 heterocycles. The van der Waals surface area contributed by atoms with Gasteiger partial charge in [-0.15, -0.1) is 16.4 Å². The van der Waals surface area contributed by atoms with Gasteiger partial charge in [0.05, 0.1) is 18.8 Å². The highest BCUT2D eigenvalue weighted by Crippen LogP contribution is 2.26. The summed E-state index contributed by atoms with van der Waals surface area (Å²) in [7, 11) is 0. The van der Waals surface area contributed by atoms with Crippen LogP contribution in [-0.4, -0.2) is 44.4 Å². The van der Waals surface area contributed by atoms with Crippen molar-refractivity contribution >= 4 is 28.3 Å². The third-order valence-corrected chi connectivity index (χ3v) is 4.64. The highest BCUT2D eigenvalue weighted by atomic mass is 32.1. The van der Waals surface area contributed by atoms with Gasteiger partial charge < -0.3 is 16.4 Å². The summed E-state index contributed by atoms with van der Waals surface area (Å²) < 4.78 is 1.72. The number of thiazole rings is 1. The molecule has 1 fully saturated rings. The zero-order valence-corrected chi connectivity index (χ0v) is 13.8. The lowest BCUT2D eigenvalue weighted by Gasteiger charge is -2.25. The number of anilines is 1. The number of carbonyl (C=O) groups excluding carboxylic acids is 2. The fourth-order valence-electron chi connectivity index (χ4n) is 2.63. The van der Waals surface area contributed by atoms with Crippen molar-refractivity contribution in [2.24, 2.45) is 5.73 Å². The third-order valence-electron chi connectivity index (χ3n) is 3.95. The normalized spacial score (nSPS) is 20.5. The molecule has 0 atom stereocenters. The molecule has 1 saturated carbocycles. The van der Waals surface area contributed by atoms with Crippen LogP contribution >= 0.6 is 11.3 Å². The van der Waals surface area contributed by atoms with Crippen LogP contribution in [0.4, 0.5) is 5.13 Å². The maximum atomic E-state index is 12.1. The smallest absolute Gasteiger partial charge is 0.273 e. The summed E-state index contributed by atoms with van der Waals surface area (Å²) in [6, 6.07) is 0.482. The van der Waals surface area contributed by atoms with E-state index in [1.807, 2.05) is 0 Å². The first-order valence-electron chi connectivity index (χ1n) is 7.77. The Kier molecular flexibility index (Phi) is 5.16. The van der Waals surface area contributed by atoms with Crippen molar-refractivity contribution in [3.05, 3.63) is 23.5 Å². The highest BCUT2D eigenvalue weighted by Gasteiger charge is 2.22. The highest BCUT2D eigenvalue weighted by molar-refractivity contribution is 7.13. The average Bonchev–Trinajstić information content (AvgIpc) is 3.25. The molecule has 0 spiro atoms. The van der Waals surface area contributed by atoms with E-state index < -0.39 is 5.91 Å². The van der Waals surface area contributed by atoms with Gasteiger partial charge in [-0.05, 0) is 25.7 Å². The number of rotatable bonds is 5. The first-order chi connectivity index (χ1) is 11.6. The molecule has 2 amide bonds. The van der Waals surface area contributed by atoms with Crippen LogP contribution < -0.4 is 16.4 Å². The summed E-state index contributed by atoms with van der Waals surface area (Å²) in [6.07, 6.45) is 6.97. The van der Waals surface area contributed by atoms with E-state index in [1.54, 1.807) is 22.5 Å². The number of carbonyl (C=O) groups is 2. The molecule has 0 radical (unpaired) electrons. The van der Waals surface area contributed by atoms with Crippen molar-refractivity contribution in [1.82, 2.24) is 25.3 Å². The Labute approximate surface area is 142 Å². The van der Waals surface area contributed by atoms with Crippen molar-refractivity contribution in [3.8, 4) is 0 Å². The van der Waals surface area contributed by atoms with Crippen molar-refractivity contribution < 1.29 is 9.59 Å². The van der Waals surface area contributed by atoms with Crippen molar-refractivity contribution in [1.29, 1.82) is 0 Å². The van der Waals surface area contributed by atoms with Crippen LogP contribution in [0.3, 0.4) is 0 Å². The van der Waals surface area contributed by atoms with Crippen LogP contribution in [0.25, 0.3) is 0 Å². The molecule has 0 aromatic carbocycles. The van der Waals surface area contributed by atoms with Gasteiger partial charge in [0.15, 0.2) is 10.8 Å². The molecule has 1 aliphatic carbocycles. The van der Waals surface area contributed by atoms with E-state index in [0.29, 0.717) is 5.13 Å². The molecule has 0 saturated heterocycles. The Bertz CT molecular complexity index is 692. The van der Waals surface area contributed by atoms with E-state index in [1.165, 1.54) is 11.3 Å². The van der Waals surface area contributed by atoms with Gasteiger partial charge in [-0.3, -0.25) is 9.59 Å². The molecule has 1 aliphatic rings. The van der Waals surface area contributed by atoms with Crippen LogP contribution in [0.2, 0.25) is 0 Å². The predicted molar refractivity (Wildman–Crippen MR) is 88.6 cm³/mol. The van der Waals surface area contributed by atoms with Crippen LogP contribution in [0, 0.1) is 0 Å². The van der Waals surface area contributed by atoms with E-state index in [-0.39, 0.29) is 30.2 Å². The van der Waals surface area contributed by atoms with E-state index >= 15 is 0 Å². The molecule has 9 nitrogen and oxygen atoms in total. The predicted octanol–water partition coefficient (Wildman–Crippen LogP) is 0.545. The zero-order valence-electron chi connectivity index (χ0n) is 13.0. The topological polar surface area (TPSA) is 128 Å². The standard InChI is InChI=1S/C14H19N7O2S/c15-9-1-3-10(4-2-9)21-8-11(19-20-21)13(23)17-7-12(22)18-14-16-5-6-24-14/h5-6,8-10H,1-4,7,15H2,(H,17,23)(H,16,18,22). The van der Waals surface area contributed by atoms with Gasteiger partial charge in [-0.2, -0.15) is 0 Å². The van der Waals surface area contributed by atoms with E-state index in [9.17, 15) is 9.59 Å². The number of aromatic nitrogens is 4. The summed E-state index contributed by atoms with van der Waals surface area (Å²) >= 11 is 1.31. The molecule has 4 N–H and O–H groups in total. The number of hydrogen-bond acceptors (Lipinski definition) is 7. The lowest BCUT2D eigenvalue weighted by molar-refractivity contribution is -0.115. The molecular weight excluding hydrogens is 330 g/mol. The Morgan fingerprint density at radius 1 is 1.33 bits per heavy atom. The molecule has 2 aromatic rings. The summed E-state index contributed by atoms with van der Waals surface area (Å²) in [5, 5.41) is 15.3. The Morgan fingerprint density at radius 2 is 2.12 bits per heavy atom. The summed E-state index contributed by atoms with van der Waals surface area (Å²) in [6.45, 7) is -0.149. The van der Waals surface area contributed by atoms with Crippen LogP contribution in [0.5, 0.6) is 0 Å². The third kappa shape index (κ3) is 4.15. The van der Waals surface area contributed by atoms with Gasteiger partial charge in [0.25, 0.3) is 5.91 Å². The SMILES string of the molecule is NC1CCC(n2cc(C(=O)NCC(=O)Nc3nccs3)nn2)CC1. The van der Waals surface area contributed by atoms with Gasteiger partial charge >= 0.3 is 0 Å². The number of hydrogen-bond donors (Lipinski definition) is 3. The average molecular weight is 349 g/mol. The summed E-state index contributed by atoms with van der Waals surface area (Å²) in [5.74, 6) is -0.769. The minimum atomic E-state index is -0.428. The quantitative estimate of drug-likeness (QED) is 0.723. The van der Waals surface area contributed by atoms with E-state index in [0.717, 1.165) is 25.7 Å². The first-order valence-corrected chi connectivity index (χ1v) is 8.64. The van der Waals surface area contributed by atoms with Crippen LogP contribution in [0.15, 0.2) is 17.8 Å². The lowest BCUT2D eigenvalue weighted by atomic mass is 9.92. The fourth-order valence-corrected chi connectivity index (χ4v) is 3.17. The number of nitrogens with one attached hydrogen (secondary N) is 2. The summed E-state index contributed by atoms with van der Waals surface area (Å²) in [5.41, 5.74) is 6.09. The Morgan fingerprint density at radius 3 is 2.83 bits per heavy atom. The molecular formula is C14H19N7O2S. The molecule has 2 aromatic heterocycles. The molecule has 0 aliphatic heterocycles. The monoisotopic (exact) mass is 349 g/mol. The van der Waals surface area contributed by atoms with E-state index in [4.69, 9.17) is 5.73 Å². The van der Waals surface area contributed by atoms with Gasteiger partial charge in [-0.25, -0.2) is 9.67 Å². The maximum absolute atomic E-state index is 12.1. The van der Waals surface area contributed by atoms with Crippen LogP contribution in [0.1, 0.15) is 42.2 Å². The Balaban J connectivity index is 1.49. The fraction of sp³-hybridized carbons (Fsp3) is 0.500. The molecule has 0 bridgehead atoms. The van der Waals surface area contributed by atoms with Gasteiger partial charge in [0.1, 0.15) is 0 Å². The first kappa shape index (κ1) is 16.5. The van der Waals surface area contributed by atoms with Crippen molar-refractivity contribution in [2.45, 2.75) is 37.8 Å². The second kappa shape index (κ2) is 7.49. The zero-order chi connectivity index (χ0) is 16.9. The molecule has 10 heteroatoms. The van der Waals surface area contributed by atoms with Crippen LogP contribution in [-0.2, 0) is 4.79 Å². The van der Waals surface area contributed by atoms with Gasteiger partial charge in [0, 0.05) is 17.6 Å². The van der Waals surface area contributed by atoms with Gasteiger partial charge in [-0.1, -0.05) is 5.21 Å². The number of amides is 2. The maximum Gasteiger partial charge on any atom is 0.273 e. The largest absolute Gasteiger partial charge is 0.342 e. The van der Waals surface area contributed by atoms with E-state index in [2.05, 4.69) is 25.9 Å². The van der Waals surface area contributed by atoms with Crippen molar-refractivity contribution in [3.63, 3.8) is 0 Å². The minimum Gasteiger partial charge on any atom is -0.342 e. The molecule has 0 unspecified atom stereocenters. The lowest BCUT2D eigenvalue weighted by Crippen LogP contribution is -2.33. The summed E-state index contributed by atoms with van der Waals surface area (Å²) in [4.78, 5) is 27.7. The Hall–Kier alpha value is -2.33. The van der Waals surface area contributed by atoms with Crippen molar-refractivity contribution in [2.75, 3.05) is 11.9 Å².